The summed E-state index contributed by atoms with van der Waals surface area (Å²) in [5, 5.41) is 6.50. The van der Waals surface area contributed by atoms with Gasteiger partial charge in [-0.1, -0.05) is 24.3 Å². The maximum absolute atomic E-state index is 12.0. The van der Waals surface area contributed by atoms with Crippen LogP contribution >= 0.6 is 0 Å². The molecule has 0 unspecified atom stereocenters. The van der Waals surface area contributed by atoms with E-state index in [2.05, 4.69) is 15.8 Å². The molecule has 0 atom stereocenters. The number of rotatable bonds is 8. The predicted octanol–water partition coefficient (Wildman–Crippen LogP) is 2.96. The molecule has 2 N–H and O–H groups in total. The highest BCUT2D eigenvalue weighted by molar-refractivity contribution is 6.04. The Morgan fingerprint density at radius 1 is 1.11 bits per heavy atom. The van der Waals surface area contributed by atoms with Crippen LogP contribution < -0.4 is 20.2 Å². The van der Waals surface area contributed by atoms with Gasteiger partial charge in [-0.3, -0.25) is 9.59 Å². The second-order valence-corrected chi connectivity index (χ2v) is 5.96. The summed E-state index contributed by atoms with van der Waals surface area (Å²) in [4.78, 5) is 23.8. The molecule has 0 bridgehead atoms. The summed E-state index contributed by atoms with van der Waals surface area (Å²) >= 11 is 0. The van der Waals surface area contributed by atoms with Gasteiger partial charge in [0.05, 0.1) is 25.1 Å². The minimum atomic E-state index is -0.520. The van der Waals surface area contributed by atoms with Crippen molar-refractivity contribution < 1.29 is 19.1 Å². The highest BCUT2D eigenvalue weighted by Gasteiger charge is 2.11. The number of hydrogen-bond donors (Lipinski definition) is 2. The molecule has 2 rings (SSSR count). The lowest BCUT2D eigenvalue weighted by Crippen LogP contribution is -2.24. The normalized spacial score (nSPS) is 10.7. The van der Waals surface area contributed by atoms with E-state index in [0.29, 0.717) is 11.4 Å². The van der Waals surface area contributed by atoms with Crippen LogP contribution in [-0.4, -0.2) is 31.2 Å². The van der Waals surface area contributed by atoms with Crippen LogP contribution in [0.3, 0.4) is 0 Å². The van der Waals surface area contributed by atoms with Crippen molar-refractivity contribution in [2.45, 2.75) is 26.4 Å². The fraction of sp³-hybridized carbons (Fsp3) is 0.250. The number of benzene rings is 2. The minimum Gasteiger partial charge on any atom is -0.495 e. The van der Waals surface area contributed by atoms with Crippen LogP contribution in [0.4, 0.5) is 5.69 Å². The first-order valence-corrected chi connectivity index (χ1v) is 8.49. The summed E-state index contributed by atoms with van der Waals surface area (Å²) in [5.41, 5.74) is 3.61. The van der Waals surface area contributed by atoms with Crippen LogP contribution in [0.1, 0.15) is 25.8 Å². The van der Waals surface area contributed by atoms with Gasteiger partial charge in [-0.15, -0.1) is 0 Å². The first-order valence-electron chi connectivity index (χ1n) is 8.49. The third kappa shape index (κ3) is 6.81. The lowest BCUT2D eigenvalue weighted by Gasteiger charge is -2.09. The Bertz CT molecular complexity index is 818. The van der Waals surface area contributed by atoms with E-state index in [4.69, 9.17) is 9.47 Å². The van der Waals surface area contributed by atoms with E-state index in [9.17, 15) is 9.59 Å². The number of hydrazone groups is 1. The van der Waals surface area contributed by atoms with Crippen LogP contribution in [0.2, 0.25) is 0 Å². The van der Waals surface area contributed by atoms with E-state index in [1.54, 1.807) is 24.3 Å². The molecule has 0 saturated heterocycles. The van der Waals surface area contributed by atoms with Crippen molar-refractivity contribution in [3.05, 3.63) is 54.1 Å². The van der Waals surface area contributed by atoms with Gasteiger partial charge in [0.15, 0.2) is 0 Å². The third-order valence-corrected chi connectivity index (χ3v) is 3.33. The lowest BCUT2D eigenvalue weighted by molar-refractivity contribution is -0.126. The van der Waals surface area contributed by atoms with Gasteiger partial charge in [0.25, 0.3) is 0 Å². The molecular weight excluding hydrogens is 346 g/mol. The minimum absolute atomic E-state index is 0.0682. The molecule has 0 saturated carbocycles. The van der Waals surface area contributed by atoms with Crippen LogP contribution in [-0.2, 0) is 9.59 Å². The number of carbonyl (C=O) groups is 2. The van der Waals surface area contributed by atoms with Crippen molar-refractivity contribution in [3.63, 3.8) is 0 Å². The van der Waals surface area contributed by atoms with Gasteiger partial charge in [-0.25, -0.2) is 5.43 Å². The summed E-state index contributed by atoms with van der Waals surface area (Å²) in [6.45, 7) is 3.88. The average molecular weight is 369 g/mol. The molecule has 2 aromatic rings. The maximum atomic E-state index is 12.0. The summed E-state index contributed by atoms with van der Waals surface area (Å²) in [6.07, 6.45) is 1.20. The van der Waals surface area contributed by atoms with Crippen LogP contribution in [0.25, 0.3) is 0 Å². The molecular formula is C20H23N3O4. The highest BCUT2D eigenvalue weighted by atomic mass is 16.5. The van der Waals surface area contributed by atoms with Crippen molar-refractivity contribution in [1.29, 1.82) is 0 Å². The van der Waals surface area contributed by atoms with E-state index < -0.39 is 11.8 Å². The van der Waals surface area contributed by atoms with E-state index in [1.807, 2.05) is 38.1 Å². The van der Waals surface area contributed by atoms with E-state index in [0.717, 1.165) is 11.3 Å². The zero-order chi connectivity index (χ0) is 19.6. The van der Waals surface area contributed by atoms with Gasteiger partial charge in [0.2, 0.25) is 11.8 Å². The van der Waals surface area contributed by atoms with E-state index >= 15 is 0 Å². The van der Waals surface area contributed by atoms with Crippen LogP contribution in [0.5, 0.6) is 11.5 Å². The topological polar surface area (TPSA) is 89.0 Å². The van der Waals surface area contributed by atoms with E-state index in [1.165, 1.54) is 13.3 Å². The molecule has 7 heteroatoms. The molecule has 0 aliphatic rings. The quantitative estimate of drug-likeness (QED) is 0.425. The number of ether oxygens (including phenoxy) is 2. The number of para-hydroxylation sites is 2. The van der Waals surface area contributed by atoms with Gasteiger partial charge in [-0.2, -0.15) is 5.10 Å². The number of methoxy groups -OCH3 is 1. The van der Waals surface area contributed by atoms with Crippen molar-refractivity contribution in [2.24, 2.45) is 5.10 Å². The van der Waals surface area contributed by atoms with Crippen molar-refractivity contribution in [2.75, 3.05) is 12.4 Å². The second kappa shape index (κ2) is 9.96. The molecule has 142 valence electrons. The van der Waals surface area contributed by atoms with Gasteiger partial charge in [0, 0.05) is 0 Å². The monoisotopic (exact) mass is 369 g/mol. The van der Waals surface area contributed by atoms with Crippen molar-refractivity contribution in [3.8, 4) is 11.5 Å². The maximum Gasteiger partial charge on any atom is 0.249 e. The Balaban J connectivity index is 1.85. The summed E-state index contributed by atoms with van der Waals surface area (Å²) in [5.74, 6) is 0.261. The smallest absolute Gasteiger partial charge is 0.249 e. The van der Waals surface area contributed by atoms with Crippen LogP contribution in [0, 0.1) is 0 Å². The van der Waals surface area contributed by atoms with Crippen LogP contribution in [0.15, 0.2) is 53.6 Å². The molecule has 0 aromatic heterocycles. The fourth-order valence-electron chi connectivity index (χ4n) is 2.25. The molecule has 0 fully saturated rings. The molecule has 0 heterocycles. The molecule has 7 nitrogen and oxygen atoms in total. The zero-order valence-corrected chi connectivity index (χ0v) is 15.6. The molecule has 27 heavy (non-hydrogen) atoms. The number of nitrogens with one attached hydrogen (secondary N) is 2. The number of amides is 2. The van der Waals surface area contributed by atoms with Crippen molar-refractivity contribution >= 4 is 23.7 Å². The molecule has 0 spiro atoms. The Morgan fingerprint density at radius 3 is 2.63 bits per heavy atom. The Morgan fingerprint density at radius 2 is 1.89 bits per heavy atom. The zero-order valence-electron chi connectivity index (χ0n) is 15.6. The van der Waals surface area contributed by atoms with Gasteiger partial charge in [0.1, 0.15) is 17.9 Å². The number of anilines is 1. The standard InChI is InChI=1S/C20H23N3O4/c1-14(2)27-16-8-6-7-15(11-16)13-21-23-20(25)12-19(24)22-17-9-4-5-10-18(17)26-3/h4-11,13-14H,12H2,1-3H3,(H,22,24)(H,23,25). The largest absolute Gasteiger partial charge is 0.495 e. The predicted molar refractivity (Wildman–Crippen MR) is 104 cm³/mol. The average Bonchev–Trinajstić information content (AvgIpc) is 2.61. The number of hydrogen-bond acceptors (Lipinski definition) is 5. The lowest BCUT2D eigenvalue weighted by atomic mass is 10.2. The fourth-order valence-corrected chi connectivity index (χ4v) is 2.25. The Labute approximate surface area is 158 Å². The first kappa shape index (κ1) is 20.0. The third-order valence-electron chi connectivity index (χ3n) is 3.33. The summed E-state index contributed by atoms with van der Waals surface area (Å²) in [7, 11) is 1.51. The van der Waals surface area contributed by atoms with E-state index in [-0.39, 0.29) is 12.5 Å². The van der Waals surface area contributed by atoms with Crippen molar-refractivity contribution in [1.82, 2.24) is 5.43 Å². The SMILES string of the molecule is COc1ccccc1NC(=O)CC(=O)NN=Cc1cccc(OC(C)C)c1. The molecule has 0 radical (unpaired) electrons. The molecule has 2 aromatic carbocycles. The second-order valence-electron chi connectivity index (χ2n) is 5.96. The number of carbonyl (C=O) groups excluding carboxylic acids is 2. The number of nitrogens with zero attached hydrogens (tertiary/aromatic N) is 1. The molecule has 0 aliphatic heterocycles. The highest BCUT2D eigenvalue weighted by Crippen LogP contribution is 2.23. The first-order chi connectivity index (χ1) is 13.0. The Kier molecular flexibility index (Phi) is 7.37. The van der Waals surface area contributed by atoms with Gasteiger partial charge in [-0.05, 0) is 43.7 Å². The molecule has 2 amide bonds. The Hall–Kier alpha value is -3.35. The molecule has 0 aliphatic carbocycles. The summed E-state index contributed by atoms with van der Waals surface area (Å²) in [6, 6.07) is 14.3. The van der Waals surface area contributed by atoms with Gasteiger partial charge < -0.3 is 14.8 Å². The van der Waals surface area contributed by atoms with Gasteiger partial charge >= 0.3 is 0 Å². The summed E-state index contributed by atoms with van der Waals surface area (Å²) < 4.78 is 10.7.